The van der Waals surface area contributed by atoms with Crippen LogP contribution in [0.15, 0.2) is 53.0 Å². The van der Waals surface area contributed by atoms with Gasteiger partial charge in [0.15, 0.2) is 0 Å². The first-order valence-corrected chi connectivity index (χ1v) is 7.28. The number of rotatable bonds is 6. The van der Waals surface area contributed by atoms with Crippen molar-refractivity contribution in [1.29, 1.82) is 0 Å². The van der Waals surface area contributed by atoms with Crippen LogP contribution >= 0.6 is 15.9 Å². The lowest BCUT2D eigenvalue weighted by molar-refractivity contribution is 0.332. The second-order valence-electron chi connectivity index (χ2n) is 4.28. The molecule has 0 aromatic heterocycles. The Kier molecular flexibility index (Phi) is 5.28. The summed E-state index contributed by atoms with van der Waals surface area (Å²) in [6, 6.07) is 16.4. The molecule has 0 amide bonds. The average molecular weight is 320 g/mol. The van der Waals surface area contributed by atoms with E-state index in [1.165, 1.54) is 5.56 Å². The van der Waals surface area contributed by atoms with Gasteiger partial charge in [0.25, 0.3) is 0 Å². The van der Waals surface area contributed by atoms with E-state index in [-0.39, 0.29) is 0 Å². The van der Waals surface area contributed by atoms with Crippen LogP contribution in [-0.2, 0) is 6.42 Å². The molecular formula is C16H18BrNO. The Bertz CT molecular complexity index is 510. The van der Waals surface area contributed by atoms with Crippen molar-refractivity contribution >= 4 is 21.6 Å². The van der Waals surface area contributed by atoms with E-state index >= 15 is 0 Å². The van der Waals surface area contributed by atoms with Crippen molar-refractivity contribution in [3.63, 3.8) is 0 Å². The van der Waals surface area contributed by atoms with Gasteiger partial charge in [0.2, 0.25) is 0 Å². The first-order valence-electron chi connectivity index (χ1n) is 6.49. The van der Waals surface area contributed by atoms with Crippen LogP contribution in [0.1, 0.15) is 12.5 Å². The van der Waals surface area contributed by atoms with E-state index in [1.807, 2.05) is 36.4 Å². The highest BCUT2D eigenvalue weighted by molar-refractivity contribution is 9.10. The smallest absolute Gasteiger partial charge is 0.119 e. The van der Waals surface area contributed by atoms with E-state index in [0.717, 1.165) is 28.9 Å². The van der Waals surface area contributed by atoms with Crippen molar-refractivity contribution in [3.05, 3.63) is 58.6 Å². The summed E-state index contributed by atoms with van der Waals surface area (Å²) in [4.78, 5) is 0. The maximum absolute atomic E-state index is 5.72. The van der Waals surface area contributed by atoms with Crippen molar-refractivity contribution in [3.8, 4) is 5.75 Å². The number of hydrogen-bond donors (Lipinski definition) is 1. The van der Waals surface area contributed by atoms with E-state index in [1.54, 1.807) is 0 Å². The average Bonchev–Trinajstić information content (AvgIpc) is 2.46. The van der Waals surface area contributed by atoms with Gasteiger partial charge in [-0.1, -0.05) is 35.0 Å². The zero-order valence-electron chi connectivity index (χ0n) is 11.0. The molecule has 0 heterocycles. The summed E-state index contributed by atoms with van der Waals surface area (Å²) in [5.74, 6) is 0.942. The first kappa shape index (κ1) is 13.9. The Morgan fingerprint density at radius 1 is 1.11 bits per heavy atom. The van der Waals surface area contributed by atoms with Gasteiger partial charge in [0, 0.05) is 16.7 Å². The number of hydrogen-bond acceptors (Lipinski definition) is 2. The molecular weight excluding hydrogens is 302 g/mol. The van der Waals surface area contributed by atoms with Gasteiger partial charge in [-0.25, -0.2) is 0 Å². The van der Waals surface area contributed by atoms with E-state index in [9.17, 15) is 0 Å². The van der Waals surface area contributed by atoms with Gasteiger partial charge in [-0.3, -0.25) is 0 Å². The number of nitrogens with one attached hydrogen (secondary N) is 1. The largest absolute Gasteiger partial charge is 0.492 e. The summed E-state index contributed by atoms with van der Waals surface area (Å²) in [6.45, 7) is 3.59. The molecule has 3 heteroatoms. The predicted molar refractivity (Wildman–Crippen MR) is 83.9 cm³/mol. The molecule has 19 heavy (non-hydrogen) atoms. The van der Waals surface area contributed by atoms with E-state index in [0.29, 0.717) is 6.61 Å². The fourth-order valence-corrected chi connectivity index (χ4v) is 2.05. The van der Waals surface area contributed by atoms with Crippen LogP contribution < -0.4 is 10.1 Å². The number of benzene rings is 2. The molecule has 0 aliphatic rings. The predicted octanol–water partition coefficient (Wildman–Crippen LogP) is 4.50. The Labute approximate surface area is 122 Å². The molecule has 0 aliphatic heterocycles. The molecule has 0 unspecified atom stereocenters. The minimum Gasteiger partial charge on any atom is -0.492 e. The van der Waals surface area contributed by atoms with Crippen LogP contribution in [0.25, 0.3) is 0 Å². The molecule has 0 atom stereocenters. The molecule has 0 fully saturated rings. The summed E-state index contributed by atoms with van der Waals surface area (Å²) in [7, 11) is 0. The zero-order valence-corrected chi connectivity index (χ0v) is 12.6. The SMILES string of the molecule is CCc1cccc(OCCNc2ccc(Br)cc2)c1. The van der Waals surface area contributed by atoms with Crippen molar-refractivity contribution in [2.75, 3.05) is 18.5 Å². The molecule has 0 radical (unpaired) electrons. The third-order valence-electron chi connectivity index (χ3n) is 2.85. The quantitative estimate of drug-likeness (QED) is 0.791. The molecule has 2 nitrogen and oxygen atoms in total. The van der Waals surface area contributed by atoms with Crippen LogP contribution in [0.4, 0.5) is 5.69 Å². The van der Waals surface area contributed by atoms with Crippen molar-refractivity contribution in [1.82, 2.24) is 0 Å². The summed E-state index contributed by atoms with van der Waals surface area (Å²) >= 11 is 3.42. The minimum atomic E-state index is 0.656. The van der Waals surface area contributed by atoms with Crippen LogP contribution in [0.5, 0.6) is 5.75 Å². The highest BCUT2D eigenvalue weighted by atomic mass is 79.9. The lowest BCUT2D eigenvalue weighted by Crippen LogP contribution is -2.11. The van der Waals surface area contributed by atoms with E-state index < -0.39 is 0 Å². The Morgan fingerprint density at radius 2 is 1.89 bits per heavy atom. The zero-order chi connectivity index (χ0) is 13.5. The second kappa shape index (κ2) is 7.19. The maximum Gasteiger partial charge on any atom is 0.119 e. The Balaban J connectivity index is 1.75. The molecule has 0 saturated heterocycles. The molecule has 1 N–H and O–H groups in total. The number of ether oxygens (including phenoxy) is 1. The van der Waals surface area contributed by atoms with Crippen molar-refractivity contribution < 1.29 is 4.74 Å². The second-order valence-corrected chi connectivity index (χ2v) is 5.20. The topological polar surface area (TPSA) is 21.3 Å². The summed E-state index contributed by atoms with van der Waals surface area (Å²) in [5, 5.41) is 3.32. The molecule has 2 aromatic rings. The van der Waals surface area contributed by atoms with Crippen LogP contribution in [0, 0.1) is 0 Å². The highest BCUT2D eigenvalue weighted by Gasteiger charge is 1.96. The summed E-state index contributed by atoms with van der Waals surface area (Å²) in [5.41, 5.74) is 2.41. The standard InChI is InChI=1S/C16H18BrNO/c1-2-13-4-3-5-16(12-13)19-11-10-18-15-8-6-14(17)7-9-15/h3-9,12,18H,2,10-11H2,1H3. The van der Waals surface area contributed by atoms with Crippen molar-refractivity contribution in [2.24, 2.45) is 0 Å². The molecule has 0 aliphatic carbocycles. The van der Waals surface area contributed by atoms with Crippen LogP contribution in [0.2, 0.25) is 0 Å². The van der Waals surface area contributed by atoms with Gasteiger partial charge in [-0.2, -0.15) is 0 Å². The molecule has 0 saturated carbocycles. The monoisotopic (exact) mass is 319 g/mol. The fraction of sp³-hybridized carbons (Fsp3) is 0.250. The normalized spacial score (nSPS) is 10.2. The molecule has 2 aromatic carbocycles. The molecule has 2 rings (SSSR count). The number of halogens is 1. The number of anilines is 1. The number of aryl methyl sites for hydroxylation is 1. The van der Waals surface area contributed by atoms with Crippen LogP contribution in [-0.4, -0.2) is 13.2 Å². The Morgan fingerprint density at radius 3 is 2.63 bits per heavy atom. The van der Waals surface area contributed by atoms with Gasteiger partial charge in [0.05, 0.1) is 0 Å². The third-order valence-corrected chi connectivity index (χ3v) is 3.38. The van der Waals surface area contributed by atoms with Gasteiger partial charge in [-0.05, 0) is 48.4 Å². The maximum atomic E-state index is 5.72. The van der Waals surface area contributed by atoms with Gasteiger partial charge < -0.3 is 10.1 Å². The molecule has 0 spiro atoms. The van der Waals surface area contributed by atoms with E-state index in [4.69, 9.17) is 4.74 Å². The van der Waals surface area contributed by atoms with Crippen LogP contribution in [0.3, 0.4) is 0 Å². The first-order chi connectivity index (χ1) is 9.28. The summed E-state index contributed by atoms with van der Waals surface area (Å²) < 4.78 is 6.81. The van der Waals surface area contributed by atoms with E-state index in [2.05, 4.69) is 40.3 Å². The summed E-state index contributed by atoms with van der Waals surface area (Å²) in [6.07, 6.45) is 1.04. The van der Waals surface area contributed by atoms with Crippen molar-refractivity contribution in [2.45, 2.75) is 13.3 Å². The minimum absolute atomic E-state index is 0.656. The van der Waals surface area contributed by atoms with Gasteiger partial charge in [-0.15, -0.1) is 0 Å². The lowest BCUT2D eigenvalue weighted by atomic mass is 10.2. The lowest BCUT2D eigenvalue weighted by Gasteiger charge is -2.09. The Hall–Kier alpha value is -1.48. The fourth-order valence-electron chi connectivity index (χ4n) is 1.79. The third kappa shape index (κ3) is 4.60. The van der Waals surface area contributed by atoms with Gasteiger partial charge in [0.1, 0.15) is 12.4 Å². The molecule has 100 valence electrons. The highest BCUT2D eigenvalue weighted by Crippen LogP contribution is 2.15. The van der Waals surface area contributed by atoms with Gasteiger partial charge >= 0.3 is 0 Å². The molecule has 0 bridgehead atoms.